The molecule has 1 atom stereocenters. The summed E-state index contributed by atoms with van der Waals surface area (Å²) in [6, 6.07) is 7.73. The number of carbonyl (C=O) groups is 2. The van der Waals surface area contributed by atoms with Gasteiger partial charge in [0.05, 0.1) is 5.92 Å². The Hall–Kier alpha value is -1.88. The Bertz CT molecular complexity index is 459. The molecule has 1 aromatic carbocycles. The lowest BCUT2D eigenvalue weighted by Gasteiger charge is -2.11. The highest BCUT2D eigenvalue weighted by Crippen LogP contribution is 2.11. The summed E-state index contributed by atoms with van der Waals surface area (Å²) in [6.07, 6.45) is 0.282. The van der Waals surface area contributed by atoms with Crippen molar-refractivity contribution in [1.29, 1.82) is 0 Å². The van der Waals surface area contributed by atoms with Gasteiger partial charge in [0.25, 0.3) is 0 Å². The number of amides is 2. The van der Waals surface area contributed by atoms with Crippen LogP contribution in [0.2, 0.25) is 0 Å². The van der Waals surface area contributed by atoms with Crippen molar-refractivity contribution < 1.29 is 9.59 Å². The first-order chi connectivity index (χ1) is 8.70. The first kappa shape index (κ1) is 12.6. The van der Waals surface area contributed by atoms with Gasteiger partial charge in [-0.05, 0) is 11.1 Å². The van der Waals surface area contributed by atoms with Crippen LogP contribution in [-0.2, 0) is 22.7 Å². The van der Waals surface area contributed by atoms with Crippen molar-refractivity contribution in [3.63, 3.8) is 0 Å². The maximum atomic E-state index is 11.8. The molecule has 0 aliphatic carbocycles. The molecule has 5 nitrogen and oxygen atoms in total. The molecule has 1 fully saturated rings. The SMILES string of the molecule is NCc1ccccc1CNC(=O)C1CNC(=O)C1. The van der Waals surface area contributed by atoms with E-state index in [4.69, 9.17) is 5.73 Å². The van der Waals surface area contributed by atoms with Crippen LogP contribution in [0.25, 0.3) is 0 Å². The second-order valence-corrected chi connectivity index (χ2v) is 4.40. The number of carbonyl (C=O) groups excluding carboxylic acids is 2. The van der Waals surface area contributed by atoms with Gasteiger partial charge in [-0.25, -0.2) is 0 Å². The summed E-state index contributed by atoms with van der Waals surface area (Å²) in [6.45, 7) is 1.34. The topological polar surface area (TPSA) is 84.2 Å². The molecule has 1 saturated heterocycles. The lowest BCUT2D eigenvalue weighted by Crippen LogP contribution is -2.31. The predicted octanol–water partition coefficient (Wildman–Crippen LogP) is -0.102. The zero-order chi connectivity index (χ0) is 13.0. The minimum atomic E-state index is -0.248. The quantitative estimate of drug-likeness (QED) is 0.694. The lowest BCUT2D eigenvalue weighted by atomic mass is 10.1. The van der Waals surface area contributed by atoms with Gasteiger partial charge in [-0.1, -0.05) is 24.3 Å². The van der Waals surface area contributed by atoms with E-state index >= 15 is 0 Å². The summed E-state index contributed by atoms with van der Waals surface area (Å²) < 4.78 is 0. The first-order valence-electron chi connectivity index (χ1n) is 6.02. The average Bonchev–Trinajstić information content (AvgIpc) is 2.83. The van der Waals surface area contributed by atoms with Crippen molar-refractivity contribution in [2.75, 3.05) is 6.54 Å². The molecule has 0 spiro atoms. The van der Waals surface area contributed by atoms with E-state index in [2.05, 4.69) is 10.6 Å². The van der Waals surface area contributed by atoms with Crippen LogP contribution in [0.5, 0.6) is 0 Å². The fourth-order valence-electron chi connectivity index (χ4n) is 2.05. The van der Waals surface area contributed by atoms with Crippen LogP contribution in [0.15, 0.2) is 24.3 Å². The van der Waals surface area contributed by atoms with Gasteiger partial charge in [-0.3, -0.25) is 9.59 Å². The van der Waals surface area contributed by atoms with Gasteiger partial charge < -0.3 is 16.4 Å². The third-order valence-corrected chi connectivity index (χ3v) is 3.14. The Kier molecular flexibility index (Phi) is 3.94. The number of hydrogen-bond acceptors (Lipinski definition) is 3. The highest BCUT2D eigenvalue weighted by molar-refractivity contribution is 5.89. The molecule has 2 rings (SSSR count). The molecule has 5 heteroatoms. The number of nitrogens with two attached hydrogens (primary N) is 1. The van der Waals surface area contributed by atoms with Crippen LogP contribution in [0, 0.1) is 5.92 Å². The summed E-state index contributed by atoms with van der Waals surface area (Å²) in [5.74, 6) is -0.389. The van der Waals surface area contributed by atoms with Gasteiger partial charge in [0.2, 0.25) is 11.8 Å². The second-order valence-electron chi connectivity index (χ2n) is 4.40. The van der Waals surface area contributed by atoms with Gasteiger partial charge in [0.1, 0.15) is 0 Å². The van der Waals surface area contributed by atoms with Crippen molar-refractivity contribution in [1.82, 2.24) is 10.6 Å². The summed E-state index contributed by atoms with van der Waals surface area (Å²) >= 11 is 0. The molecular weight excluding hydrogens is 230 g/mol. The van der Waals surface area contributed by atoms with Crippen molar-refractivity contribution in [2.24, 2.45) is 11.7 Å². The first-order valence-corrected chi connectivity index (χ1v) is 6.02. The van der Waals surface area contributed by atoms with E-state index in [9.17, 15) is 9.59 Å². The molecule has 1 heterocycles. The van der Waals surface area contributed by atoms with E-state index in [-0.39, 0.29) is 24.2 Å². The van der Waals surface area contributed by atoms with Crippen molar-refractivity contribution in [3.05, 3.63) is 35.4 Å². The standard InChI is InChI=1S/C13H17N3O2/c14-6-9-3-1-2-4-10(9)7-16-13(18)11-5-12(17)15-8-11/h1-4,11H,5-8,14H2,(H,15,17)(H,16,18). The van der Waals surface area contributed by atoms with Gasteiger partial charge >= 0.3 is 0 Å². The molecule has 1 aromatic rings. The fourth-order valence-corrected chi connectivity index (χ4v) is 2.05. The number of hydrogen-bond donors (Lipinski definition) is 3. The number of benzene rings is 1. The van der Waals surface area contributed by atoms with Crippen LogP contribution in [0.3, 0.4) is 0 Å². The van der Waals surface area contributed by atoms with E-state index in [1.54, 1.807) is 0 Å². The molecule has 0 saturated carbocycles. The number of rotatable bonds is 4. The van der Waals surface area contributed by atoms with Crippen LogP contribution >= 0.6 is 0 Å². The molecular formula is C13H17N3O2. The maximum absolute atomic E-state index is 11.8. The summed E-state index contributed by atoms with van der Waals surface area (Å²) in [5.41, 5.74) is 7.68. The Morgan fingerprint density at radius 3 is 2.72 bits per heavy atom. The Morgan fingerprint density at radius 2 is 2.11 bits per heavy atom. The normalized spacial score (nSPS) is 18.5. The predicted molar refractivity (Wildman–Crippen MR) is 67.3 cm³/mol. The molecule has 1 aliphatic heterocycles. The molecule has 1 aliphatic rings. The molecule has 18 heavy (non-hydrogen) atoms. The lowest BCUT2D eigenvalue weighted by molar-refractivity contribution is -0.126. The van der Waals surface area contributed by atoms with Crippen molar-refractivity contribution >= 4 is 11.8 Å². The summed E-state index contributed by atoms with van der Waals surface area (Å²) in [4.78, 5) is 22.9. The third kappa shape index (κ3) is 2.87. The van der Waals surface area contributed by atoms with E-state index in [1.165, 1.54) is 0 Å². The van der Waals surface area contributed by atoms with Crippen LogP contribution < -0.4 is 16.4 Å². The minimum Gasteiger partial charge on any atom is -0.355 e. The van der Waals surface area contributed by atoms with Gasteiger partial charge in [-0.15, -0.1) is 0 Å². The molecule has 1 unspecified atom stereocenters. The largest absolute Gasteiger partial charge is 0.355 e. The Balaban J connectivity index is 1.91. The molecule has 0 aromatic heterocycles. The van der Waals surface area contributed by atoms with Crippen molar-refractivity contribution in [2.45, 2.75) is 19.5 Å². The molecule has 0 radical (unpaired) electrons. The van der Waals surface area contributed by atoms with E-state index in [0.717, 1.165) is 11.1 Å². The summed E-state index contributed by atoms with van der Waals surface area (Å²) in [7, 11) is 0. The highest BCUT2D eigenvalue weighted by Gasteiger charge is 2.27. The Morgan fingerprint density at radius 1 is 1.39 bits per heavy atom. The number of nitrogens with one attached hydrogen (secondary N) is 2. The van der Waals surface area contributed by atoms with E-state index < -0.39 is 0 Å². The van der Waals surface area contributed by atoms with E-state index in [1.807, 2.05) is 24.3 Å². The van der Waals surface area contributed by atoms with Crippen LogP contribution in [0.1, 0.15) is 17.5 Å². The maximum Gasteiger partial charge on any atom is 0.225 e. The Labute approximate surface area is 106 Å². The zero-order valence-electron chi connectivity index (χ0n) is 10.1. The third-order valence-electron chi connectivity index (χ3n) is 3.14. The fraction of sp³-hybridized carbons (Fsp3) is 0.385. The second kappa shape index (κ2) is 5.64. The van der Waals surface area contributed by atoms with Gasteiger partial charge in [0, 0.05) is 26.1 Å². The summed E-state index contributed by atoms with van der Waals surface area (Å²) in [5, 5.41) is 5.50. The van der Waals surface area contributed by atoms with Crippen LogP contribution in [0.4, 0.5) is 0 Å². The van der Waals surface area contributed by atoms with Crippen LogP contribution in [-0.4, -0.2) is 18.4 Å². The molecule has 4 N–H and O–H groups in total. The minimum absolute atomic E-state index is 0.0579. The smallest absolute Gasteiger partial charge is 0.225 e. The monoisotopic (exact) mass is 247 g/mol. The molecule has 2 amide bonds. The zero-order valence-corrected chi connectivity index (χ0v) is 10.1. The average molecular weight is 247 g/mol. The highest BCUT2D eigenvalue weighted by atomic mass is 16.2. The van der Waals surface area contributed by atoms with Gasteiger partial charge in [-0.2, -0.15) is 0 Å². The van der Waals surface area contributed by atoms with E-state index in [0.29, 0.717) is 19.6 Å². The van der Waals surface area contributed by atoms with Crippen molar-refractivity contribution in [3.8, 4) is 0 Å². The van der Waals surface area contributed by atoms with Gasteiger partial charge in [0.15, 0.2) is 0 Å². The molecule has 0 bridgehead atoms. The molecule has 96 valence electrons.